The van der Waals surface area contributed by atoms with Gasteiger partial charge in [-0.15, -0.1) is 11.3 Å². The van der Waals surface area contributed by atoms with Gasteiger partial charge in [0, 0.05) is 15.5 Å². The predicted molar refractivity (Wildman–Crippen MR) is 62.1 cm³/mol. The molecule has 3 N–H and O–H groups in total. The maximum Gasteiger partial charge on any atom is 0.0643 e. The van der Waals surface area contributed by atoms with Gasteiger partial charge in [0.25, 0.3) is 0 Å². The number of rotatable bonds is 5. The molecule has 0 aliphatic carbocycles. The summed E-state index contributed by atoms with van der Waals surface area (Å²) in [5, 5.41) is 0. The second kappa shape index (κ2) is 5.65. The van der Waals surface area contributed by atoms with Crippen LogP contribution in [0.5, 0.6) is 0 Å². The lowest BCUT2D eigenvalue weighted by Gasteiger charge is -2.12. The zero-order valence-electron chi connectivity index (χ0n) is 8.04. The fourth-order valence-corrected chi connectivity index (χ4v) is 2.88. The van der Waals surface area contributed by atoms with Gasteiger partial charge < -0.3 is 0 Å². The van der Waals surface area contributed by atoms with Crippen LogP contribution in [0.3, 0.4) is 0 Å². The number of thioether (sulfide) groups is 1. The molecule has 1 atom stereocenters. The van der Waals surface area contributed by atoms with E-state index in [-0.39, 0.29) is 0 Å². The topological polar surface area (TPSA) is 38.0 Å². The van der Waals surface area contributed by atoms with Crippen molar-refractivity contribution >= 4 is 23.1 Å². The number of hydrazine groups is 1. The minimum absolute atomic E-state index is 0.309. The Bertz CT molecular complexity index is 248. The van der Waals surface area contributed by atoms with Crippen molar-refractivity contribution in [2.75, 3.05) is 11.5 Å². The first-order chi connectivity index (χ1) is 6.27. The summed E-state index contributed by atoms with van der Waals surface area (Å²) < 4.78 is 0. The van der Waals surface area contributed by atoms with Gasteiger partial charge in [-0.05, 0) is 24.8 Å². The summed E-state index contributed by atoms with van der Waals surface area (Å²) in [7, 11) is 0. The van der Waals surface area contributed by atoms with Crippen LogP contribution in [0.4, 0.5) is 0 Å². The van der Waals surface area contributed by atoms with Crippen LogP contribution in [0.25, 0.3) is 0 Å². The van der Waals surface area contributed by atoms with Crippen molar-refractivity contribution in [1.29, 1.82) is 0 Å². The molecule has 74 valence electrons. The first-order valence-corrected chi connectivity index (χ1v) is 6.35. The lowest BCUT2D eigenvalue weighted by Crippen LogP contribution is -2.29. The van der Waals surface area contributed by atoms with Crippen LogP contribution in [0.2, 0.25) is 0 Å². The van der Waals surface area contributed by atoms with Crippen LogP contribution in [-0.4, -0.2) is 11.5 Å². The van der Waals surface area contributed by atoms with Gasteiger partial charge in [-0.3, -0.25) is 11.3 Å². The van der Waals surface area contributed by atoms with Crippen LogP contribution in [0.1, 0.15) is 22.7 Å². The Hall–Kier alpha value is -0.0300. The summed E-state index contributed by atoms with van der Waals surface area (Å²) in [6.45, 7) is 4.28. The summed E-state index contributed by atoms with van der Waals surface area (Å²) in [4.78, 5) is 2.68. The third-order valence-corrected chi connectivity index (χ3v) is 3.89. The quantitative estimate of drug-likeness (QED) is 0.586. The molecule has 0 aromatic carbocycles. The molecule has 0 aliphatic heterocycles. The Morgan fingerprint density at radius 2 is 2.38 bits per heavy atom. The van der Waals surface area contributed by atoms with Gasteiger partial charge in [0.05, 0.1) is 6.04 Å². The molecule has 0 saturated carbocycles. The summed E-state index contributed by atoms with van der Waals surface area (Å²) in [6, 6.07) is 4.60. The summed E-state index contributed by atoms with van der Waals surface area (Å²) in [5.74, 6) is 7.69. The van der Waals surface area contributed by atoms with Gasteiger partial charge in [0.1, 0.15) is 0 Å². The number of hydrogen-bond donors (Lipinski definition) is 2. The Labute approximate surface area is 87.9 Å². The highest BCUT2D eigenvalue weighted by Crippen LogP contribution is 2.24. The van der Waals surface area contributed by atoms with Gasteiger partial charge in [-0.25, -0.2) is 0 Å². The van der Waals surface area contributed by atoms with Crippen molar-refractivity contribution < 1.29 is 0 Å². The fraction of sp³-hybridized carbons (Fsp3) is 0.556. The number of nitrogens with one attached hydrogen (secondary N) is 1. The molecule has 13 heavy (non-hydrogen) atoms. The zero-order valence-corrected chi connectivity index (χ0v) is 9.67. The summed E-state index contributed by atoms with van der Waals surface area (Å²) >= 11 is 3.72. The van der Waals surface area contributed by atoms with Crippen LogP contribution < -0.4 is 11.3 Å². The second-order valence-corrected chi connectivity index (χ2v) is 5.47. The van der Waals surface area contributed by atoms with E-state index in [1.54, 1.807) is 0 Å². The molecule has 0 bridgehead atoms. The lowest BCUT2D eigenvalue weighted by molar-refractivity contribution is 0.620. The molecule has 0 aliphatic rings. The van der Waals surface area contributed by atoms with Crippen molar-refractivity contribution in [3.8, 4) is 0 Å². The monoisotopic (exact) mass is 216 g/mol. The highest BCUT2D eigenvalue weighted by Gasteiger charge is 2.10. The largest absolute Gasteiger partial charge is 0.271 e. The van der Waals surface area contributed by atoms with Crippen molar-refractivity contribution in [1.82, 2.24) is 5.43 Å². The lowest BCUT2D eigenvalue weighted by atomic mass is 10.3. The maximum atomic E-state index is 5.50. The van der Waals surface area contributed by atoms with E-state index in [1.807, 2.05) is 23.1 Å². The summed E-state index contributed by atoms with van der Waals surface area (Å²) in [6.07, 6.45) is 0. The third kappa shape index (κ3) is 3.31. The first kappa shape index (κ1) is 11.0. The number of hydrogen-bond acceptors (Lipinski definition) is 4. The molecular formula is C9H16N2S2. The summed E-state index contributed by atoms with van der Waals surface area (Å²) in [5.41, 5.74) is 2.86. The number of nitrogens with two attached hydrogens (primary N) is 1. The van der Waals surface area contributed by atoms with Gasteiger partial charge in [0.2, 0.25) is 0 Å². The molecule has 0 spiro atoms. The maximum absolute atomic E-state index is 5.50. The van der Waals surface area contributed by atoms with Crippen LogP contribution in [0, 0.1) is 6.92 Å². The molecule has 0 saturated heterocycles. The predicted octanol–water partition coefficient (Wildman–Crippen LogP) is 2.31. The van der Waals surface area contributed by atoms with E-state index in [0.29, 0.717) is 6.04 Å². The Morgan fingerprint density at radius 1 is 1.62 bits per heavy atom. The van der Waals surface area contributed by atoms with Crippen LogP contribution in [-0.2, 0) is 0 Å². The van der Waals surface area contributed by atoms with E-state index in [4.69, 9.17) is 5.84 Å². The van der Waals surface area contributed by atoms with E-state index in [9.17, 15) is 0 Å². The molecular weight excluding hydrogens is 200 g/mol. The van der Waals surface area contributed by atoms with Crippen LogP contribution >= 0.6 is 23.1 Å². The van der Waals surface area contributed by atoms with Crippen molar-refractivity contribution in [2.24, 2.45) is 5.84 Å². The van der Waals surface area contributed by atoms with Gasteiger partial charge in [-0.1, -0.05) is 6.92 Å². The molecule has 1 aromatic rings. The smallest absolute Gasteiger partial charge is 0.0643 e. The molecule has 1 heterocycles. The average Bonchev–Trinajstić information content (AvgIpc) is 2.54. The molecule has 1 rings (SSSR count). The Morgan fingerprint density at radius 3 is 2.85 bits per heavy atom. The SMILES string of the molecule is CCSCC(NN)c1ccc(C)s1. The Balaban J connectivity index is 2.56. The number of thiophene rings is 1. The minimum atomic E-state index is 0.309. The van der Waals surface area contributed by atoms with Gasteiger partial charge in [0.15, 0.2) is 0 Å². The van der Waals surface area contributed by atoms with E-state index >= 15 is 0 Å². The minimum Gasteiger partial charge on any atom is -0.271 e. The van der Waals surface area contributed by atoms with Crippen molar-refractivity contribution in [3.63, 3.8) is 0 Å². The molecule has 1 unspecified atom stereocenters. The fourth-order valence-electron chi connectivity index (χ4n) is 1.09. The van der Waals surface area contributed by atoms with E-state index in [1.165, 1.54) is 9.75 Å². The molecule has 0 fully saturated rings. The highest BCUT2D eigenvalue weighted by molar-refractivity contribution is 7.99. The van der Waals surface area contributed by atoms with Crippen molar-refractivity contribution in [2.45, 2.75) is 19.9 Å². The van der Waals surface area contributed by atoms with Crippen molar-refractivity contribution in [3.05, 3.63) is 21.9 Å². The van der Waals surface area contributed by atoms with Gasteiger partial charge in [-0.2, -0.15) is 11.8 Å². The van der Waals surface area contributed by atoms with E-state index < -0.39 is 0 Å². The second-order valence-electron chi connectivity index (χ2n) is 2.83. The first-order valence-electron chi connectivity index (χ1n) is 4.38. The molecule has 4 heteroatoms. The van der Waals surface area contributed by atoms with Gasteiger partial charge >= 0.3 is 0 Å². The van der Waals surface area contributed by atoms with E-state index in [2.05, 4.69) is 31.4 Å². The number of aryl methyl sites for hydroxylation is 1. The third-order valence-electron chi connectivity index (χ3n) is 1.79. The zero-order chi connectivity index (χ0) is 9.68. The molecule has 0 amide bonds. The van der Waals surface area contributed by atoms with E-state index in [0.717, 1.165) is 11.5 Å². The molecule has 0 radical (unpaired) electrons. The molecule has 1 aromatic heterocycles. The average molecular weight is 216 g/mol. The highest BCUT2D eigenvalue weighted by atomic mass is 32.2. The normalized spacial score (nSPS) is 13.2. The Kier molecular flexibility index (Phi) is 4.80. The molecule has 2 nitrogen and oxygen atoms in total. The van der Waals surface area contributed by atoms with Crippen LogP contribution in [0.15, 0.2) is 12.1 Å². The standard InChI is InChI=1S/C9H16N2S2/c1-3-12-6-8(11-10)9-5-4-7(2)13-9/h4-5,8,11H,3,6,10H2,1-2H3.